The number of aryl methyl sites for hydroxylation is 1. The van der Waals surface area contributed by atoms with Gasteiger partial charge in [0.05, 0.1) is 24.3 Å². The Hall–Kier alpha value is -1.72. The molecule has 0 bridgehead atoms. The molecule has 3 rings (SSSR count). The molecule has 1 aliphatic heterocycles. The lowest BCUT2D eigenvalue weighted by Gasteiger charge is -2.23. The molecular formula is C16H22N4O. The summed E-state index contributed by atoms with van der Waals surface area (Å²) in [6.07, 6.45) is 11.1. The van der Waals surface area contributed by atoms with Gasteiger partial charge in [-0.2, -0.15) is 0 Å². The van der Waals surface area contributed by atoms with Gasteiger partial charge in [-0.1, -0.05) is 0 Å². The second kappa shape index (κ2) is 7.33. The Kier molecular flexibility index (Phi) is 4.97. The highest BCUT2D eigenvalue weighted by atomic mass is 16.5. The molecule has 1 aliphatic rings. The first-order valence-electron chi connectivity index (χ1n) is 7.66. The molecule has 21 heavy (non-hydrogen) atoms. The highest BCUT2D eigenvalue weighted by Gasteiger charge is 2.12. The molecule has 0 aliphatic carbocycles. The van der Waals surface area contributed by atoms with Crippen LogP contribution in [0.25, 0.3) is 11.3 Å². The van der Waals surface area contributed by atoms with Gasteiger partial charge in [0, 0.05) is 31.1 Å². The van der Waals surface area contributed by atoms with Crippen molar-refractivity contribution in [3.8, 4) is 11.3 Å². The fourth-order valence-corrected chi connectivity index (χ4v) is 2.71. The Balaban J connectivity index is 1.49. The Morgan fingerprint density at radius 3 is 2.81 bits per heavy atom. The number of nitrogens with zero attached hydrogens (tertiary/aromatic N) is 3. The molecule has 1 saturated heterocycles. The number of imidazole rings is 1. The quantitative estimate of drug-likeness (QED) is 0.826. The van der Waals surface area contributed by atoms with E-state index in [4.69, 9.17) is 4.74 Å². The third-order valence-corrected chi connectivity index (χ3v) is 3.87. The van der Waals surface area contributed by atoms with E-state index in [0.717, 1.165) is 56.8 Å². The molecule has 5 nitrogen and oxygen atoms in total. The Labute approximate surface area is 125 Å². The lowest BCUT2D eigenvalue weighted by molar-refractivity contribution is 0.0302. The number of ether oxygens (including phenoxy) is 1. The number of rotatable bonds is 6. The van der Waals surface area contributed by atoms with Crippen LogP contribution in [0.5, 0.6) is 0 Å². The highest BCUT2D eigenvalue weighted by Crippen LogP contribution is 2.18. The Bertz CT molecular complexity index is 534. The average molecular weight is 286 g/mol. The van der Waals surface area contributed by atoms with E-state index in [1.165, 1.54) is 0 Å². The van der Waals surface area contributed by atoms with Crippen LogP contribution in [-0.4, -0.2) is 40.3 Å². The number of pyridine rings is 1. The van der Waals surface area contributed by atoms with Gasteiger partial charge in [-0.15, -0.1) is 0 Å². The molecule has 5 heteroatoms. The van der Waals surface area contributed by atoms with Crippen molar-refractivity contribution in [2.75, 3.05) is 19.7 Å². The lowest BCUT2D eigenvalue weighted by atomic mass is 10.1. The van der Waals surface area contributed by atoms with Crippen molar-refractivity contribution in [2.45, 2.75) is 31.9 Å². The number of hydrogen-bond donors (Lipinski definition) is 1. The van der Waals surface area contributed by atoms with E-state index in [-0.39, 0.29) is 0 Å². The number of aromatic nitrogens is 3. The fraction of sp³-hybridized carbons (Fsp3) is 0.500. The van der Waals surface area contributed by atoms with Gasteiger partial charge in [-0.25, -0.2) is 4.98 Å². The van der Waals surface area contributed by atoms with Crippen molar-refractivity contribution in [1.29, 1.82) is 0 Å². The first-order valence-corrected chi connectivity index (χ1v) is 7.66. The molecule has 3 heterocycles. The summed E-state index contributed by atoms with van der Waals surface area (Å²) in [5.41, 5.74) is 2.29. The van der Waals surface area contributed by atoms with Crippen LogP contribution < -0.4 is 5.32 Å². The molecular weight excluding hydrogens is 264 g/mol. The Morgan fingerprint density at radius 1 is 1.19 bits per heavy atom. The van der Waals surface area contributed by atoms with Crippen molar-refractivity contribution < 1.29 is 4.74 Å². The summed E-state index contributed by atoms with van der Waals surface area (Å²) >= 11 is 0. The molecule has 0 spiro atoms. The maximum absolute atomic E-state index is 5.94. The third kappa shape index (κ3) is 3.89. The largest absolute Gasteiger partial charge is 0.378 e. The van der Waals surface area contributed by atoms with Crippen LogP contribution >= 0.6 is 0 Å². The average Bonchev–Trinajstić information content (AvgIpc) is 3.02. The van der Waals surface area contributed by atoms with Gasteiger partial charge in [-0.05, 0) is 44.5 Å². The molecule has 112 valence electrons. The molecule has 0 atom stereocenters. The summed E-state index contributed by atoms with van der Waals surface area (Å²) in [6, 6.07) is 4.03. The lowest BCUT2D eigenvalue weighted by Crippen LogP contribution is -2.32. The zero-order valence-electron chi connectivity index (χ0n) is 12.2. The zero-order chi connectivity index (χ0) is 14.3. The van der Waals surface area contributed by atoms with Crippen molar-refractivity contribution >= 4 is 0 Å². The maximum atomic E-state index is 5.94. The third-order valence-electron chi connectivity index (χ3n) is 3.87. The molecule has 0 radical (unpaired) electrons. The Morgan fingerprint density at radius 2 is 2.00 bits per heavy atom. The van der Waals surface area contributed by atoms with E-state index in [2.05, 4.69) is 19.9 Å². The summed E-state index contributed by atoms with van der Waals surface area (Å²) in [4.78, 5) is 8.32. The summed E-state index contributed by atoms with van der Waals surface area (Å²) in [5.74, 6) is 0. The van der Waals surface area contributed by atoms with Crippen LogP contribution in [0.3, 0.4) is 0 Å². The van der Waals surface area contributed by atoms with Crippen molar-refractivity contribution in [3.63, 3.8) is 0 Å². The molecule has 0 unspecified atom stereocenters. The SMILES string of the molecule is c1cc(-c2cncn2CCCOC2CCNCC2)ccn1. The maximum Gasteiger partial charge on any atom is 0.0950 e. The van der Waals surface area contributed by atoms with Crippen molar-refractivity contribution in [3.05, 3.63) is 37.1 Å². The van der Waals surface area contributed by atoms with Gasteiger partial charge in [0.25, 0.3) is 0 Å². The smallest absolute Gasteiger partial charge is 0.0950 e. The van der Waals surface area contributed by atoms with E-state index in [9.17, 15) is 0 Å². The molecule has 0 aromatic carbocycles. The minimum atomic E-state index is 0.439. The topological polar surface area (TPSA) is 52.0 Å². The first kappa shape index (κ1) is 14.2. The minimum Gasteiger partial charge on any atom is -0.378 e. The molecule has 2 aromatic heterocycles. The summed E-state index contributed by atoms with van der Waals surface area (Å²) < 4.78 is 8.12. The van der Waals surface area contributed by atoms with Gasteiger partial charge >= 0.3 is 0 Å². The van der Waals surface area contributed by atoms with Gasteiger partial charge in [0.1, 0.15) is 0 Å². The number of nitrogens with one attached hydrogen (secondary N) is 1. The molecule has 2 aromatic rings. The summed E-state index contributed by atoms with van der Waals surface area (Å²) in [5, 5.41) is 3.36. The zero-order valence-corrected chi connectivity index (χ0v) is 12.2. The molecule has 0 amide bonds. The molecule has 1 fully saturated rings. The predicted octanol–water partition coefficient (Wildman–Crippen LogP) is 2.10. The van der Waals surface area contributed by atoms with Crippen molar-refractivity contribution in [1.82, 2.24) is 19.9 Å². The first-order chi connectivity index (χ1) is 10.4. The number of piperidine rings is 1. The predicted molar refractivity (Wildman–Crippen MR) is 81.9 cm³/mol. The van der Waals surface area contributed by atoms with Gasteiger partial charge in [0.15, 0.2) is 0 Å². The van der Waals surface area contributed by atoms with E-state index in [0.29, 0.717) is 6.10 Å². The summed E-state index contributed by atoms with van der Waals surface area (Å²) in [6.45, 7) is 3.91. The normalized spacial score (nSPS) is 16.2. The number of hydrogen-bond acceptors (Lipinski definition) is 4. The monoisotopic (exact) mass is 286 g/mol. The van der Waals surface area contributed by atoms with E-state index in [1.54, 1.807) is 0 Å². The molecule has 0 saturated carbocycles. The van der Waals surface area contributed by atoms with Gasteiger partial charge in [-0.3, -0.25) is 4.98 Å². The standard InChI is InChI=1S/C16H22N4O/c1(11-21-15-4-8-18-9-5-15)10-20-13-19-12-16(20)14-2-6-17-7-3-14/h2-3,6-7,12-13,15,18H,1,4-5,8-11H2. The van der Waals surface area contributed by atoms with Gasteiger partial charge in [0.2, 0.25) is 0 Å². The van der Waals surface area contributed by atoms with E-state index < -0.39 is 0 Å². The van der Waals surface area contributed by atoms with Crippen LogP contribution in [0.15, 0.2) is 37.1 Å². The van der Waals surface area contributed by atoms with Crippen LogP contribution in [0.1, 0.15) is 19.3 Å². The fourth-order valence-electron chi connectivity index (χ4n) is 2.71. The van der Waals surface area contributed by atoms with Crippen LogP contribution in [0.2, 0.25) is 0 Å². The van der Waals surface area contributed by atoms with Crippen LogP contribution in [0.4, 0.5) is 0 Å². The van der Waals surface area contributed by atoms with Gasteiger partial charge < -0.3 is 14.6 Å². The minimum absolute atomic E-state index is 0.439. The van der Waals surface area contributed by atoms with E-state index in [1.807, 2.05) is 37.1 Å². The summed E-state index contributed by atoms with van der Waals surface area (Å²) in [7, 11) is 0. The highest BCUT2D eigenvalue weighted by molar-refractivity contribution is 5.57. The van der Waals surface area contributed by atoms with Crippen LogP contribution in [-0.2, 0) is 11.3 Å². The van der Waals surface area contributed by atoms with E-state index >= 15 is 0 Å². The van der Waals surface area contributed by atoms with Crippen molar-refractivity contribution in [2.24, 2.45) is 0 Å². The van der Waals surface area contributed by atoms with Crippen LogP contribution in [0, 0.1) is 0 Å². The molecule has 1 N–H and O–H groups in total. The second-order valence-corrected chi connectivity index (χ2v) is 5.38. The second-order valence-electron chi connectivity index (χ2n) is 5.38.